The molecule has 6 heteroatoms. The van der Waals surface area contributed by atoms with Gasteiger partial charge in [0.1, 0.15) is 11.4 Å². The van der Waals surface area contributed by atoms with Crippen LogP contribution in [-0.2, 0) is 6.18 Å². The molecule has 0 atom stereocenters. The van der Waals surface area contributed by atoms with Crippen LogP contribution in [0.15, 0.2) is 36.5 Å². The van der Waals surface area contributed by atoms with Crippen LogP contribution in [0.5, 0.6) is 0 Å². The molecular formula is C12H7F3N2O. The number of alkyl halides is 3. The maximum atomic E-state index is 12.5. The number of aromatic nitrogens is 2. The molecule has 2 heterocycles. The summed E-state index contributed by atoms with van der Waals surface area (Å²) in [5, 5.41) is 0. The van der Waals surface area contributed by atoms with Gasteiger partial charge in [-0.15, -0.1) is 0 Å². The largest absolute Gasteiger partial charge is 0.433 e. The number of nitrogens with zero attached hydrogens (tertiary/aromatic N) is 2. The Morgan fingerprint density at radius 2 is 1.89 bits per heavy atom. The smallest absolute Gasteiger partial charge is 0.296 e. The van der Waals surface area contributed by atoms with E-state index in [-0.39, 0.29) is 11.4 Å². The van der Waals surface area contributed by atoms with E-state index in [2.05, 4.69) is 9.97 Å². The molecule has 0 bridgehead atoms. The molecular weight excluding hydrogens is 245 g/mol. The van der Waals surface area contributed by atoms with Gasteiger partial charge in [-0.3, -0.25) is 9.78 Å². The van der Waals surface area contributed by atoms with Gasteiger partial charge in [0.2, 0.25) is 0 Å². The third-order valence-electron chi connectivity index (χ3n) is 2.24. The van der Waals surface area contributed by atoms with Crippen molar-refractivity contribution in [3.8, 4) is 11.3 Å². The van der Waals surface area contributed by atoms with Gasteiger partial charge < -0.3 is 0 Å². The minimum Gasteiger partial charge on any atom is -0.296 e. The summed E-state index contributed by atoms with van der Waals surface area (Å²) in [6, 6.07) is 6.55. The Balaban J connectivity index is 2.41. The number of hydrogen-bond acceptors (Lipinski definition) is 3. The van der Waals surface area contributed by atoms with E-state index in [1.54, 1.807) is 0 Å². The van der Waals surface area contributed by atoms with Crippen LogP contribution in [-0.4, -0.2) is 16.3 Å². The van der Waals surface area contributed by atoms with E-state index in [1.807, 2.05) is 0 Å². The van der Waals surface area contributed by atoms with Crippen molar-refractivity contribution in [2.45, 2.75) is 6.18 Å². The standard InChI is InChI=1S/C12H7F3N2O/c13-12(14,15)11-3-1-2-10(17-11)8-4-5-9(7-18)16-6-8/h1-7H. The third kappa shape index (κ3) is 2.53. The Kier molecular flexibility index (Phi) is 3.10. The zero-order chi connectivity index (χ0) is 13.2. The van der Waals surface area contributed by atoms with Crippen LogP contribution in [0.3, 0.4) is 0 Å². The van der Waals surface area contributed by atoms with Gasteiger partial charge in [0.15, 0.2) is 6.29 Å². The van der Waals surface area contributed by atoms with Crippen molar-refractivity contribution in [2.75, 3.05) is 0 Å². The number of halogens is 3. The lowest BCUT2D eigenvalue weighted by molar-refractivity contribution is -0.141. The van der Waals surface area contributed by atoms with Crippen LogP contribution in [0.4, 0.5) is 13.2 Å². The van der Waals surface area contributed by atoms with Gasteiger partial charge >= 0.3 is 6.18 Å². The van der Waals surface area contributed by atoms with E-state index in [0.29, 0.717) is 11.8 Å². The summed E-state index contributed by atoms with van der Waals surface area (Å²) in [6.45, 7) is 0. The highest BCUT2D eigenvalue weighted by Gasteiger charge is 2.32. The molecule has 0 aliphatic carbocycles. The lowest BCUT2D eigenvalue weighted by atomic mass is 10.1. The summed E-state index contributed by atoms with van der Waals surface area (Å²) in [4.78, 5) is 17.7. The highest BCUT2D eigenvalue weighted by atomic mass is 19.4. The number of hydrogen-bond donors (Lipinski definition) is 0. The van der Waals surface area contributed by atoms with Gasteiger partial charge in [-0.2, -0.15) is 13.2 Å². The minimum atomic E-state index is -4.48. The summed E-state index contributed by atoms with van der Waals surface area (Å²) < 4.78 is 37.4. The van der Waals surface area contributed by atoms with Crippen molar-refractivity contribution < 1.29 is 18.0 Å². The maximum absolute atomic E-state index is 12.5. The van der Waals surface area contributed by atoms with Crippen LogP contribution in [0, 0.1) is 0 Å². The SMILES string of the molecule is O=Cc1ccc(-c2cccc(C(F)(F)F)n2)cn1. The van der Waals surface area contributed by atoms with Crippen molar-refractivity contribution in [3.63, 3.8) is 0 Å². The summed E-state index contributed by atoms with van der Waals surface area (Å²) in [6.07, 6.45) is -2.61. The topological polar surface area (TPSA) is 42.9 Å². The Labute approximate surface area is 100 Å². The molecule has 18 heavy (non-hydrogen) atoms. The Bertz CT molecular complexity index is 564. The molecule has 3 nitrogen and oxygen atoms in total. The van der Waals surface area contributed by atoms with Crippen LogP contribution < -0.4 is 0 Å². The number of carbonyl (C=O) groups is 1. The first-order valence-corrected chi connectivity index (χ1v) is 4.96. The highest BCUT2D eigenvalue weighted by Crippen LogP contribution is 2.29. The summed E-state index contributed by atoms with van der Waals surface area (Å²) >= 11 is 0. The molecule has 0 spiro atoms. The van der Waals surface area contributed by atoms with Gasteiger partial charge in [0, 0.05) is 11.8 Å². The molecule has 2 rings (SSSR count). The fourth-order valence-corrected chi connectivity index (χ4v) is 1.38. The van der Waals surface area contributed by atoms with Crippen molar-refractivity contribution in [2.24, 2.45) is 0 Å². The molecule has 2 aromatic rings. The average molecular weight is 252 g/mol. The maximum Gasteiger partial charge on any atom is 0.433 e. The van der Waals surface area contributed by atoms with Gasteiger partial charge in [0.05, 0.1) is 5.69 Å². The van der Waals surface area contributed by atoms with Crippen molar-refractivity contribution in [3.05, 3.63) is 47.9 Å². The summed E-state index contributed by atoms with van der Waals surface area (Å²) in [5.41, 5.74) is -0.160. The molecule has 0 unspecified atom stereocenters. The van der Waals surface area contributed by atoms with Crippen LogP contribution in [0.2, 0.25) is 0 Å². The molecule has 0 aliphatic rings. The van der Waals surface area contributed by atoms with E-state index in [4.69, 9.17) is 0 Å². The second kappa shape index (κ2) is 4.56. The second-order valence-electron chi connectivity index (χ2n) is 3.50. The van der Waals surface area contributed by atoms with Crippen molar-refractivity contribution >= 4 is 6.29 Å². The van der Waals surface area contributed by atoms with E-state index in [0.717, 1.165) is 6.07 Å². The van der Waals surface area contributed by atoms with Gasteiger partial charge in [-0.1, -0.05) is 6.07 Å². The van der Waals surface area contributed by atoms with Crippen molar-refractivity contribution in [1.29, 1.82) is 0 Å². The zero-order valence-electron chi connectivity index (χ0n) is 8.98. The first-order valence-electron chi connectivity index (χ1n) is 4.96. The van der Waals surface area contributed by atoms with Crippen LogP contribution in [0.25, 0.3) is 11.3 Å². The van der Waals surface area contributed by atoms with E-state index < -0.39 is 11.9 Å². The summed E-state index contributed by atoms with van der Waals surface area (Å²) in [7, 11) is 0. The fourth-order valence-electron chi connectivity index (χ4n) is 1.38. The molecule has 0 amide bonds. The molecule has 0 aromatic carbocycles. The molecule has 0 aliphatic heterocycles. The number of rotatable bonds is 2. The lowest BCUT2D eigenvalue weighted by Gasteiger charge is -2.07. The number of aldehydes is 1. The van der Waals surface area contributed by atoms with E-state index in [9.17, 15) is 18.0 Å². The van der Waals surface area contributed by atoms with Gasteiger partial charge in [0.25, 0.3) is 0 Å². The quantitative estimate of drug-likeness (QED) is 0.771. The average Bonchev–Trinajstić information content (AvgIpc) is 2.38. The van der Waals surface area contributed by atoms with Gasteiger partial charge in [-0.25, -0.2) is 4.98 Å². The molecule has 0 N–H and O–H groups in total. The zero-order valence-corrected chi connectivity index (χ0v) is 8.98. The molecule has 0 saturated heterocycles. The number of carbonyl (C=O) groups excluding carboxylic acids is 1. The van der Waals surface area contributed by atoms with Crippen LogP contribution >= 0.6 is 0 Å². The fraction of sp³-hybridized carbons (Fsp3) is 0.0833. The number of pyridine rings is 2. The first-order chi connectivity index (χ1) is 8.50. The van der Waals surface area contributed by atoms with E-state index >= 15 is 0 Å². The van der Waals surface area contributed by atoms with Gasteiger partial charge in [-0.05, 0) is 24.3 Å². The van der Waals surface area contributed by atoms with Crippen LogP contribution in [0.1, 0.15) is 16.2 Å². The molecule has 0 radical (unpaired) electrons. The second-order valence-corrected chi connectivity index (χ2v) is 3.50. The van der Waals surface area contributed by atoms with Crippen molar-refractivity contribution in [1.82, 2.24) is 9.97 Å². The predicted octanol–water partition coefficient (Wildman–Crippen LogP) is 2.97. The lowest BCUT2D eigenvalue weighted by Crippen LogP contribution is -2.08. The highest BCUT2D eigenvalue weighted by molar-refractivity contribution is 5.73. The Morgan fingerprint density at radius 1 is 1.11 bits per heavy atom. The Morgan fingerprint density at radius 3 is 2.44 bits per heavy atom. The normalized spacial score (nSPS) is 11.3. The third-order valence-corrected chi connectivity index (χ3v) is 2.24. The molecule has 92 valence electrons. The Hall–Kier alpha value is -2.24. The monoisotopic (exact) mass is 252 g/mol. The first kappa shape index (κ1) is 12.2. The molecule has 2 aromatic heterocycles. The van der Waals surface area contributed by atoms with E-state index in [1.165, 1.54) is 30.5 Å². The minimum absolute atomic E-state index is 0.162. The molecule has 0 saturated carbocycles. The summed E-state index contributed by atoms with van der Waals surface area (Å²) in [5.74, 6) is 0. The predicted molar refractivity (Wildman–Crippen MR) is 57.9 cm³/mol. The molecule has 0 fully saturated rings.